The van der Waals surface area contributed by atoms with Crippen LogP contribution < -0.4 is 0 Å². The number of benzene rings is 3. The second kappa shape index (κ2) is 7.30. The van der Waals surface area contributed by atoms with E-state index < -0.39 is 5.97 Å². The molecule has 0 fully saturated rings. The Kier molecular flexibility index (Phi) is 4.54. The highest BCUT2D eigenvalue weighted by Gasteiger charge is 2.06. The molecule has 132 valence electrons. The summed E-state index contributed by atoms with van der Waals surface area (Å²) >= 11 is 0. The van der Waals surface area contributed by atoms with Gasteiger partial charge in [0, 0.05) is 12.5 Å². The van der Waals surface area contributed by atoms with Gasteiger partial charge in [-0.05, 0) is 40.5 Å². The number of aliphatic carboxylic acids is 1. The first-order valence-corrected chi connectivity index (χ1v) is 8.71. The van der Waals surface area contributed by atoms with Gasteiger partial charge in [0.25, 0.3) is 0 Å². The molecule has 0 atom stereocenters. The molecule has 0 aliphatic heterocycles. The zero-order valence-corrected chi connectivity index (χ0v) is 14.6. The number of aromatic nitrogens is 2. The maximum absolute atomic E-state index is 10.7. The third-order valence-electron chi connectivity index (χ3n) is 4.38. The summed E-state index contributed by atoms with van der Waals surface area (Å²) in [5, 5.41) is 8.76. The van der Waals surface area contributed by atoms with Gasteiger partial charge >= 0.3 is 5.97 Å². The number of hydrogen-bond acceptors (Lipinski definition) is 2. The summed E-state index contributed by atoms with van der Waals surface area (Å²) < 4.78 is 0. The SMILES string of the molecule is O=C(O)C=Cc1cccc(Cc2nc3ccc(-c4ccccc4)cc3[nH]2)c1. The first-order chi connectivity index (χ1) is 13.2. The van der Waals surface area contributed by atoms with Crippen LogP contribution in [0.2, 0.25) is 0 Å². The van der Waals surface area contributed by atoms with Crippen molar-refractivity contribution in [1.29, 1.82) is 0 Å². The van der Waals surface area contributed by atoms with Crippen molar-refractivity contribution in [1.82, 2.24) is 9.97 Å². The molecule has 4 nitrogen and oxygen atoms in total. The number of aromatic amines is 1. The third kappa shape index (κ3) is 3.96. The normalized spacial score (nSPS) is 11.3. The molecule has 1 aromatic heterocycles. The summed E-state index contributed by atoms with van der Waals surface area (Å²) in [7, 11) is 0. The van der Waals surface area contributed by atoms with Gasteiger partial charge in [-0.1, -0.05) is 60.7 Å². The van der Waals surface area contributed by atoms with E-state index in [2.05, 4.69) is 34.2 Å². The minimum absolute atomic E-state index is 0.657. The van der Waals surface area contributed by atoms with Gasteiger partial charge in [-0.15, -0.1) is 0 Å². The lowest BCUT2D eigenvalue weighted by Crippen LogP contribution is -1.91. The number of nitrogens with zero attached hydrogens (tertiary/aromatic N) is 1. The number of nitrogens with one attached hydrogen (secondary N) is 1. The smallest absolute Gasteiger partial charge is 0.328 e. The molecule has 0 spiro atoms. The summed E-state index contributed by atoms with van der Waals surface area (Å²) in [6, 6.07) is 24.3. The quantitative estimate of drug-likeness (QED) is 0.500. The Morgan fingerprint density at radius 3 is 2.63 bits per heavy atom. The summed E-state index contributed by atoms with van der Waals surface area (Å²) in [4.78, 5) is 18.8. The molecule has 0 saturated carbocycles. The van der Waals surface area contributed by atoms with Crippen molar-refractivity contribution >= 4 is 23.1 Å². The number of fused-ring (bicyclic) bond motifs is 1. The molecule has 2 N–H and O–H groups in total. The van der Waals surface area contributed by atoms with Crippen molar-refractivity contribution in [3.63, 3.8) is 0 Å². The van der Waals surface area contributed by atoms with Crippen LogP contribution in [-0.2, 0) is 11.2 Å². The van der Waals surface area contributed by atoms with Gasteiger partial charge in [-0.25, -0.2) is 9.78 Å². The van der Waals surface area contributed by atoms with E-state index in [1.807, 2.05) is 48.5 Å². The molecular formula is C23H18N2O2. The zero-order chi connectivity index (χ0) is 18.6. The fourth-order valence-corrected chi connectivity index (χ4v) is 3.12. The number of carboxylic acid groups (broad SMARTS) is 1. The van der Waals surface area contributed by atoms with Crippen molar-refractivity contribution in [2.75, 3.05) is 0 Å². The van der Waals surface area contributed by atoms with Crippen molar-refractivity contribution in [3.05, 3.63) is 95.8 Å². The molecule has 27 heavy (non-hydrogen) atoms. The molecule has 4 heteroatoms. The molecule has 0 aliphatic carbocycles. The van der Waals surface area contributed by atoms with Gasteiger partial charge in [0.1, 0.15) is 5.82 Å². The molecule has 0 bridgehead atoms. The van der Waals surface area contributed by atoms with Crippen molar-refractivity contribution < 1.29 is 9.90 Å². The molecule has 1 heterocycles. The number of carboxylic acids is 1. The average molecular weight is 354 g/mol. The van der Waals surface area contributed by atoms with E-state index in [1.54, 1.807) is 6.08 Å². The highest BCUT2D eigenvalue weighted by Crippen LogP contribution is 2.23. The van der Waals surface area contributed by atoms with E-state index in [9.17, 15) is 4.79 Å². The summed E-state index contributed by atoms with van der Waals surface area (Å²) in [5.41, 5.74) is 6.20. The lowest BCUT2D eigenvalue weighted by atomic mass is 10.1. The topological polar surface area (TPSA) is 66.0 Å². The highest BCUT2D eigenvalue weighted by atomic mass is 16.4. The lowest BCUT2D eigenvalue weighted by molar-refractivity contribution is -0.131. The second-order valence-corrected chi connectivity index (χ2v) is 6.37. The van der Waals surface area contributed by atoms with Gasteiger partial charge in [0.05, 0.1) is 11.0 Å². The van der Waals surface area contributed by atoms with Gasteiger partial charge in [0.15, 0.2) is 0 Å². The van der Waals surface area contributed by atoms with Crippen LogP contribution in [0.5, 0.6) is 0 Å². The van der Waals surface area contributed by atoms with Crippen LogP contribution in [-0.4, -0.2) is 21.0 Å². The second-order valence-electron chi connectivity index (χ2n) is 6.37. The Morgan fingerprint density at radius 2 is 1.81 bits per heavy atom. The van der Waals surface area contributed by atoms with E-state index in [4.69, 9.17) is 5.11 Å². The molecule has 0 amide bonds. The Morgan fingerprint density at radius 1 is 0.963 bits per heavy atom. The molecular weight excluding hydrogens is 336 g/mol. The fourth-order valence-electron chi connectivity index (χ4n) is 3.12. The van der Waals surface area contributed by atoms with E-state index in [1.165, 1.54) is 5.56 Å². The minimum atomic E-state index is -0.952. The monoisotopic (exact) mass is 354 g/mol. The van der Waals surface area contributed by atoms with Crippen LogP contribution >= 0.6 is 0 Å². The first kappa shape index (κ1) is 16.8. The predicted octanol–water partition coefficient (Wildman–Crippen LogP) is 4.92. The lowest BCUT2D eigenvalue weighted by Gasteiger charge is -2.00. The number of carbonyl (C=O) groups is 1. The van der Waals surface area contributed by atoms with Crippen LogP contribution in [0.25, 0.3) is 28.2 Å². The molecule has 0 saturated heterocycles. The molecule has 3 aromatic carbocycles. The van der Waals surface area contributed by atoms with Gasteiger partial charge in [-0.2, -0.15) is 0 Å². The third-order valence-corrected chi connectivity index (χ3v) is 4.38. The van der Waals surface area contributed by atoms with Crippen LogP contribution in [0.15, 0.2) is 78.9 Å². The van der Waals surface area contributed by atoms with Crippen LogP contribution in [0.1, 0.15) is 17.0 Å². The van der Waals surface area contributed by atoms with Crippen LogP contribution in [0.3, 0.4) is 0 Å². The highest BCUT2D eigenvalue weighted by molar-refractivity contribution is 5.85. The van der Waals surface area contributed by atoms with Crippen molar-refractivity contribution in [2.45, 2.75) is 6.42 Å². The molecule has 0 unspecified atom stereocenters. The number of hydrogen-bond donors (Lipinski definition) is 2. The average Bonchev–Trinajstić information content (AvgIpc) is 3.08. The number of imidazole rings is 1. The van der Waals surface area contributed by atoms with Gasteiger partial charge < -0.3 is 10.1 Å². The number of rotatable bonds is 5. The summed E-state index contributed by atoms with van der Waals surface area (Å²) in [6.45, 7) is 0. The number of H-pyrrole nitrogens is 1. The maximum Gasteiger partial charge on any atom is 0.328 e. The van der Waals surface area contributed by atoms with E-state index in [-0.39, 0.29) is 0 Å². The Hall–Kier alpha value is -3.66. The standard InChI is InChI=1S/C23H18N2O2/c26-23(27)12-9-16-5-4-6-17(13-16)14-22-24-20-11-10-19(15-21(20)25-22)18-7-2-1-3-8-18/h1-13,15H,14H2,(H,24,25)(H,26,27). The Balaban J connectivity index is 1.60. The maximum atomic E-state index is 10.7. The first-order valence-electron chi connectivity index (χ1n) is 8.71. The van der Waals surface area contributed by atoms with E-state index >= 15 is 0 Å². The Bertz CT molecular complexity index is 1130. The summed E-state index contributed by atoms with van der Waals surface area (Å²) in [5.74, 6) is -0.0681. The zero-order valence-electron chi connectivity index (χ0n) is 14.6. The molecule has 4 rings (SSSR count). The van der Waals surface area contributed by atoms with Crippen LogP contribution in [0, 0.1) is 0 Å². The molecule has 4 aromatic rings. The van der Waals surface area contributed by atoms with E-state index in [0.29, 0.717) is 6.42 Å². The Labute approximate surface area is 156 Å². The van der Waals surface area contributed by atoms with Crippen molar-refractivity contribution in [2.24, 2.45) is 0 Å². The largest absolute Gasteiger partial charge is 0.478 e. The molecule has 0 aliphatic rings. The minimum Gasteiger partial charge on any atom is -0.478 e. The van der Waals surface area contributed by atoms with Crippen LogP contribution in [0.4, 0.5) is 0 Å². The fraction of sp³-hybridized carbons (Fsp3) is 0.0435. The molecule has 0 radical (unpaired) electrons. The summed E-state index contributed by atoms with van der Waals surface area (Å²) in [6.07, 6.45) is 3.39. The van der Waals surface area contributed by atoms with E-state index in [0.717, 1.165) is 39.6 Å². The van der Waals surface area contributed by atoms with Gasteiger partial charge in [0.2, 0.25) is 0 Å². The van der Waals surface area contributed by atoms with Crippen molar-refractivity contribution in [3.8, 4) is 11.1 Å². The van der Waals surface area contributed by atoms with Gasteiger partial charge in [-0.3, -0.25) is 0 Å². The predicted molar refractivity (Wildman–Crippen MR) is 107 cm³/mol.